The second-order valence-electron chi connectivity index (χ2n) is 5.29. The van der Waals surface area contributed by atoms with E-state index >= 15 is 0 Å². The van der Waals surface area contributed by atoms with Gasteiger partial charge in [0.1, 0.15) is 0 Å². The molecule has 0 aliphatic carbocycles. The molecule has 1 saturated heterocycles. The fraction of sp³-hybridized carbons (Fsp3) is 0.533. The van der Waals surface area contributed by atoms with Crippen LogP contribution in [0.15, 0.2) is 18.2 Å². The molecular formula is C15H22ClN3O. The third-order valence-corrected chi connectivity index (χ3v) is 3.88. The Balaban J connectivity index is 1.79. The first-order valence-corrected chi connectivity index (χ1v) is 7.60. The van der Waals surface area contributed by atoms with Crippen LogP contribution in [0.5, 0.6) is 0 Å². The number of likely N-dealkylation sites (tertiary alicyclic amines) is 1. The lowest BCUT2D eigenvalue weighted by atomic mass is 10.2. The highest BCUT2D eigenvalue weighted by atomic mass is 35.5. The number of nitrogen functional groups attached to an aromatic ring is 1. The van der Waals surface area contributed by atoms with E-state index in [9.17, 15) is 4.79 Å². The van der Waals surface area contributed by atoms with Crippen molar-refractivity contribution in [1.82, 2.24) is 4.90 Å². The first kappa shape index (κ1) is 15.1. The summed E-state index contributed by atoms with van der Waals surface area (Å²) in [5.41, 5.74) is 6.95. The molecule has 20 heavy (non-hydrogen) atoms. The minimum atomic E-state index is 0.00303. The number of anilines is 2. The fourth-order valence-corrected chi connectivity index (χ4v) is 2.66. The van der Waals surface area contributed by atoms with Gasteiger partial charge in [0.15, 0.2) is 0 Å². The summed E-state index contributed by atoms with van der Waals surface area (Å²) in [5.74, 6) is 0.00303. The number of amides is 1. The summed E-state index contributed by atoms with van der Waals surface area (Å²) in [6.07, 6.45) is 5.60. The van der Waals surface area contributed by atoms with Crippen molar-refractivity contribution in [2.45, 2.75) is 32.1 Å². The van der Waals surface area contributed by atoms with E-state index in [0.717, 1.165) is 19.6 Å². The average molecular weight is 296 g/mol. The standard InChI is InChI=1S/C15H22ClN3O/c16-12-5-6-14(13(17)11-12)18-15(20)7-10-19-8-3-1-2-4-9-19/h5-6,11H,1-4,7-10,17H2,(H,18,20). The molecule has 0 bridgehead atoms. The van der Waals surface area contributed by atoms with Crippen LogP contribution >= 0.6 is 11.6 Å². The smallest absolute Gasteiger partial charge is 0.225 e. The zero-order valence-electron chi connectivity index (χ0n) is 11.7. The van der Waals surface area contributed by atoms with Crippen molar-refractivity contribution in [3.8, 4) is 0 Å². The lowest BCUT2D eigenvalue weighted by molar-refractivity contribution is -0.116. The van der Waals surface area contributed by atoms with Gasteiger partial charge in [-0.25, -0.2) is 0 Å². The SMILES string of the molecule is Nc1cc(Cl)ccc1NC(=O)CCN1CCCCCC1. The number of halogens is 1. The van der Waals surface area contributed by atoms with Crippen molar-refractivity contribution < 1.29 is 4.79 Å². The van der Waals surface area contributed by atoms with Crippen molar-refractivity contribution in [2.75, 3.05) is 30.7 Å². The number of nitrogens with one attached hydrogen (secondary N) is 1. The molecule has 1 aromatic carbocycles. The Hall–Kier alpha value is -1.26. The first-order valence-electron chi connectivity index (χ1n) is 7.22. The van der Waals surface area contributed by atoms with Gasteiger partial charge in [-0.3, -0.25) is 4.79 Å². The van der Waals surface area contributed by atoms with Gasteiger partial charge in [0.25, 0.3) is 0 Å². The molecule has 0 saturated carbocycles. The summed E-state index contributed by atoms with van der Waals surface area (Å²) in [4.78, 5) is 14.3. The molecule has 1 fully saturated rings. The van der Waals surface area contributed by atoms with E-state index in [4.69, 9.17) is 17.3 Å². The van der Waals surface area contributed by atoms with E-state index in [2.05, 4.69) is 10.2 Å². The topological polar surface area (TPSA) is 58.4 Å². The van der Waals surface area contributed by atoms with E-state index in [1.807, 2.05) is 0 Å². The molecular weight excluding hydrogens is 274 g/mol. The van der Waals surface area contributed by atoms with Crippen LogP contribution in [0.25, 0.3) is 0 Å². The summed E-state index contributed by atoms with van der Waals surface area (Å²) in [6, 6.07) is 5.11. The predicted molar refractivity (Wildman–Crippen MR) is 84.0 cm³/mol. The Kier molecular flexibility index (Phi) is 5.68. The van der Waals surface area contributed by atoms with Crippen LogP contribution in [0.4, 0.5) is 11.4 Å². The maximum Gasteiger partial charge on any atom is 0.225 e. The van der Waals surface area contributed by atoms with E-state index in [1.54, 1.807) is 18.2 Å². The first-order chi connectivity index (χ1) is 9.65. The molecule has 5 heteroatoms. The summed E-state index contributed by atoms with van der Waals surface area (Å²) >= 11 is 5.83. The molecule has 1 aliphatic heterocycles. The molecule has 3 N–H and O–H groups in total. The van der Waals surface area contributed by atoms with Crippen LogP contribution in [-0.4, -0.2) is 30.4 Å². The van der Waals surface area contributed by atoms with Crippen LogP contribution < -0.4 is 11.1 Å². The molecule has 0 unspecified atom stereocenters. The van der Waals surface area contributed by atoms with Crippen molar-refractivity contribution in [2.24, 2.45) is 0 Å². The van der Waals surface area contributed by atoms with Crippen LogP contribution in [0.3, 0.4) is 0 Å². The van der Waals surface area contributed by atoms with Gasteiger partial charge in [0.05, 0.1) is 11.4 Å². The van der Waals surface area contributed by atoms with Crippen molar-refractivity contribution in [3.05, 3.63) is 23.2 Å². The number of carbonyl (C=O) groups excluding carboxylic acids is 1. The largest absolute Gasteiger partial charge is 0.397 e. The molecule has 0 radical (unpaired) electrons. The summed E-state index contributed by atoms with van der Waals surface area (Å²) in [7, 11) is 0. The average Bonchev–Trinajstić information content (AvgIpc) is 2.68. The van der Waals surface area contributed by atoms with E-state index in [0.29, 0.717) is 22.8 Å². The predicted octanol–water partition coefficient (Wildman–Crippen LogP) is 3.13. The lowest BCUT2D eigenvalue weighted by Crippen LogP contribution is -2.28. The van der Waals surface area contributed by atoms with Gasteiger partial charge in [-0.05, 0) is 44.1 Å². The number of rotatable bonds is 4. The van der Waals surface area contributed by atoms with Crippen LogP contribution in [0.2, 0.25) is 5.02 Å². The Morgan fingerprint density at radius 1 is 1.25 bits per heavy atom. The molecule has 1 heterocycles. The number of hydrogen-bond donors (Lipinski definition) is 2. The summed E-state index contributed by atoms with van der Waals surface area (Å²) in [6.45, 7) is 3.03. The molecule has 1 amide bonds. The molecule has 0 spiro atoms. The number of nitrogens with zero attached hydrogens (tertiary/aromatic N) is 1. The van der Waals surface area contributed by atoms with Gasteiger partial charge in [-0.1, -0.05) is 24.4 Å². The third-order valence-electron chi connectivity index (χ3n) is 3.64. The highest BCUT2D eigenvalue weighted by Crippen LogP contribution is 2.22. The third kappa shape index (κ3) is 4.69. The Bertz CT molecular complexity index is 456. The Morgan fingerprint density at radius 2 is 1.95 bits per heavy atom. The number of carbonyl (C=O) groups is 1. The van der Waals surface area contributed by atoms with E-state index in [1.165, 1.54) is 25.7 Å². The van der Waals surface area contributed by atoms with Gasteiger partial charge < -0.3 is 16.0 Å². The van der Waals surface area contributed by atoms with E-state index in [-0.39, 0.29) is 5.91 Å². The van der Waals surface area contributed by atoms with Crippen LogP contribution in [0.1, 0.15) is 32.1 Å². The van der Waals surface area contributed by atoms with Gasteiger partial charge in [0.2, 0.25) is 5.91 Å². The normalized spacial score (nSPS) is 16.6. The molecule has 1 aliphatic rings. The molecule has 1 aromatic rings. The fourth-order valence-electron chi connectivity index (χ4n) is 2.48. The zero-order valence-corrected chi connectivity index (χ0v) is 12.5. The maximum absolute atomic E-state index is 12.0. The highest BCUT2D eigenvalue weighted by Gasteiger charge is 2.11. The summed E-state index contributed by atoms with van der Waals surface area (Å²) < 4.78 is 0. The lowest BCUT2D eigenvalue weighted by Gasteiger charge is -2.19. The number of hydrogen-bond acceptors (Lipinski definition) is 3. The highest BCUT2D eigenvalue weighted by molar-refractivity contribution is 6.31. The van der Waals surface area contributed by atoms with Crippen molar-refractivity contribution in [1.29, 1.82) is 0 Å². The molecule has 0 aromatic heterocycles. The van der Waals surface area contributed by atoms with Crippen LogP contribution in [-0.2, 0) is 4.79 Å². The second-order valence-corrected chi connectivity index (χ2v) is 5.72. The van der Waals surface area contributed by atoms with Crippen molar-refractivity contribution >= 4 is 28.9 Å². The monoisotopic (exact) mass is 295 g/mol. The second kappa shape index (κ2) is 7.50. The van der Waals surface area contributed by atoms with Gasteiger partial charge >= 0.3 is 0 Å². The minimum absolute atomic E-state index is 0.00303. The quantitative estimate of drug-likeness (QED) is 0.839. The maximum atomic E-state index is 12.0. The molecule has 2 rings (SSSR count). The Morgan fingerprint density at radius 3 is 2.60 bits per heavy atom. The van der Waals surface area contributed by atoms with Gasteiger partial charge in [-0.2, -0.15) is 0 Å². The van der Waals surface area contributed by atoms with Gasteiger partial charge in [0, 0.05) is 18.0 Å². The van der Waals surface area contributed by atoms with E-state index < -0.39 is 0 Å². The van der Waals surface area contributed by atoms with Crippen LogP contribution in [0, 0.1) is 0 Å². The minimum Gasteiger partial charge on any atom is -0.397 e. The zero-order chi connectivity index (χ0) is 14.4. The Labute approximate surface area is 125 Å². The summed E-state index contributed by atoms with van der Waals surface area (Å²) in [5, 5.41) is 3.42. The molecule has 0 atom stereocenters. The number of benzene rings is 1. The number of nitrogens with two attached hydrogens (primary N) is 1. The molecule has 110 valence electrons. The molecule has 4 nitrogen and oxygen atoms in total. The van der Waals surface area contributed by atoms with Gasteiger partial charge in [-0.15, -0.1) is 0 Å². The van der Waals surface area contributed by atoms with Crippen molar-refractivity contribution in [3.63, 3.8) is 0 Å².